The highest BCUT2D eigenvalue weighted by atomic mass is 15.1. The van der Waals surface area contributed by atoms with Gasteiger partial charge in [-0.15, -0.1) is 6.58 Å². The van der Waals surface area contributed by atoms with Crippen LogP contribution in [0.25, 0.3) is 0 Å². The Labute approximate surface area is 58.4 Å². The van der Waals surface area contributed by atoms with E-state index in [0.29, 0.717) is 0 Å². The largest absolute Gasteiger partial charge is 0.300 e. The highest BCUT2D eigenvalue weighted by Crippen LogP contribution is 1.89. The predicted molar refractivity (Wildman–Crippen MR) is 42.6 cm³/mol. The Bertz CT molecular complexity index is 69.0. The van der Waals surface area contributed by atoms with Crippen molar-refractivity contribution in [2.75, 3.05) is 19.6 Å². The lowest BCUT2D eigenvalue weighted by Crippen LogP contribution is -2.23. The Morgan fingerprint density at radius 1 is 1.44 bits per heavy atom. The van der Waals surface area contributed by atoms with E-state index in [4.69, 9.17) is 0 Å². The molecule has 1 nitrogen and oxygen atoms in total. The molecular weight excluding hydrogens is 110 g/mol. The second-order valence-corrected chi connectivity index (χ2v) is 2.18. The van der Waals surface area contributed by atoms with Crippen LogP contribution in [-0.2, 0) is 0 Å². The number of hydrogen-bond donors (Lipinski definition) is 0. The fourth-order valence-corrected chi connectivity index (χ4v) is 0.877. The monoisotopic (exact) mass is 127 g/mol. The smallest absolute Gasteiger partial charge is 0.0160 e. The van der Waals surface area contributed by atoms with E-state index in [1.807, 2.05) is 6.08 Å². The summed E-state index contributed by atoms with van der Waals surface area (Å²) in [4.78, 5) is 2.37. The van der Waals surface area contributed by atoms with Crippen molar-refractivity contribution in [3.63, 3.8) is 0 Å². The molecule has 0 N–H and O–H groups in total. The molecule has 0 radical (unpaired) electrons. The zero-order chi connectivity index (χ0) is 7.11. The van der Waals surface area contributed by atoms with Gasteiger partial charge in [0.2, 0.25) is 0 Å². The maximum absolute atomic E-state index is 3.69. The van der Waals surface area contributed by atoms with Crippen LogP contribution in [0.3, 0.4) is 0 Å². The van der Waals surface area contributed by atoms with E-state index < -0.39 is 0 Å². The molecule has 0 saturated heterocycles. The van der Waals surface area contributed by atoms with Gasteiger partial charge in [0.05, 0.1) is 0 Å². The molecule has 0 heterocycles. The molecule has 9 heavy (non-hydrogen) atoms. The van der Waals surface area contributed by atoms with Gasteiger partial charge in [-0.05, 0) is 19.5 Å². The first-order valence-electron chi connectivity index (χ1n) is 3.68. The predicted octanol–water partition coefficient (Wildman–Crippen LogP) is 1.90. The van der Waals surface area contributed by atoms with E-state index in [9.17, 15) is 0 Å². The number of rotatable bonds is 5. The van der Waals surface area contributed by atoms with Crippen molar-refractivity contribution in [3.05, 3.63) is 12.7 Å². The molecule has 0 aromatic rings. The molecule has 1 heteroatoms. The Kier molecular flexibility index (Phi) is 5.64. The van der Waals surface area contributed by atoms with Crippen molar-refractivity contribution < 1.29 is 0 Å². The van der Waals surface area contributed by atoms with Crippen molar-refractivity contribution in [2.45, 2.75) is 20.3 Å². The van der Waals surface area contributed by atoms with Crippen LogP contribution < -0.4 is 0 Å². The summed E-state index contributed by atoms with van der Waals surface area (Å²) in [6, 6.07) is 0. The van der Waals surface area contributed by atoms with E-state index in [2.05, 4.69) is 25.3 Å². The van der Waals surface area contributed by atoms with Crippen LogP contribution in [0.1, 0.15) is 20.3 Å². The first-order chi connectivity index (χ1) is 4.35. The van der Waals surface area contributed by atoms with E-state index in [0.717, 1.165) is 13.1 Å². The minimum Gasteiger partial charge on any atom is -0.300 e. The summed E-state index contributed by atoms with van der Waals surface area (Å²) in [5.74, 6) is 0. The Balaban J connectivity index is 3.28. The van der Waals surface area contributed by atoms with Crippen LogP contribution in [0, 0.1) is 0 Å². The lowest BCUT2D eigenvalue weighted by Gasteiger charge is -2.16. The van der Waals surface area contributed by atoms with Crippen molar-refractivity contribution in [1.29, 1.82) is 0 Å². The molecule has 0 aliphatic carbocycles. The quantitative estimate of drug-likeness (QED) is 0.510. The minimum atomic E-state index is 1.03. The van der Waals surface area contributed by atoms with Gasteiger partial charge >= 0.3 is 0 Å². The van der Waals surface area contributed by atoms with Crippen LogP contribution in [0.4, 0.5) is 0 Å². The van der Waals surface area contributed by atoms with Crippen molar-refractivity contribution in [3.8, 4) is 0 Å². The molecule has 0 aromatic carbocycles. The average molecular weight is 127 g/mol. The van der Waals surface area contributed by atoms with Crippen molar-refractivity contribution in [2.24, 2.45) is 0 Å². The van der Waals surface area contributed by atoms with Crippen molar-refractivity contribution >= 4 is 0 Å². The summed E-state index contributed by atoms with van der Waals surface area (Å²) in [6.45, 7) is 11.4. The fraction of sp³-hybridized carbons (Fsp3) is 0.750. The molecular formula is C8H17N. The average Bonchev–Trinajstić information content (AvgIpc) is 1.88. The molecule has 0 fully saturated rings. The summed E-state index contributed by atoms with van der Waals surface area (Å²) in [7, 11) is 0. The Morgan fingerprint density at radius 2 is 2.11 bits per heavy atom. The Hall–Kier alpha value is -0.300. The number of nitrogens with zero attached hydrogens (tertiary/aromatic N) is 1. The summed E-state index contributed by atoms with van der Waals surface area (Å²) in [6.07, 6.45) is 3.20. The Morgan fingerprint density at radius 3 is 2.44 bits per heavy atom. The normalized spacial score (nSPS) is 10.1. The van der Waals surface area contributed by atoms with E-state index >= 15 is 0 Å². The lowest BCUT2D eigenvalue weighted by atomic mass is 10.4. The van der Waals surface area contributed by atoms with Crippen LogP contribution in [-0.4, -0.2) is 24.5 Å². The molecule has 0 atom stereocenters. The summed E-state index contributed by atoms with van der Waals surface area (Å²) >= 11 is 0. The molecule has 0 aliphatic heterocycles. The molecule has 0 bridgehead atoms. The maximum atomic E-state index is 3.69. The van der Waals surface area contributed by atoms with Crippen LogP contribution in [0.5, 0.6) is 0 Å². The van der Waals surface area contributed by atoms with Gasteiger partial charge in [0, 0.05) is 6.54 Å². The molecule has 0 saturated carbocycles. The number of likely N-dealkylation sites (N-methyl/N-ethyl adjacent to an activating group) is 1. The summed E-state index contributed by atoms with van der Waals surface area (Å²) in [5, 5.41) is 0. The first-order valence-corrected chi connectivity index (χ1v) is 3.68. The first kappa shape index (κ1) is 8.70. The highest BCUT2D eigenvalue weighted by molar-refractivity contribution is 4.71. The van der Waals surface area contributed by atoms with Crippen LogP contribution in [0.2, 0.25) is 0 Å². The number of hydrogen-bond acceptors (Lipinski definition) is 1. The van der Waals surface area contributed by atoms with Crippen LogP contribution in [0.15, 0.2) is 12.7 Å². The topological polar surface area (TPSA) is 3.24 Å². The maximum Gasteiger partial charge on any atom is 0.0160 e. The molecule has 0 aliphatic rings. The second kappa shape index (κ2) is 5.83. The fourth-order valence-electron chi connectivity index (χ4n) is 0.877. The summed E-state index contributed by atoms with van der Waals surface area (Å²) in [5.41, 5.74) is 0. The van der Waals surface area contributed by atoms with E-state index in [1.54, 1.807) is 0 Å². The van der Waals surface area contributed by atoms with Crippen LogP contribution >= 0.6 is 0 Å². The van der Waals surface area contributed by atoms with Gasteiger partial charge in [0.25, 0.3) is 0 Å². The molecule has 0 amide bonds. The standard InChI is InChI=1S/C8H17N/c1-4-7-9(6-3)8-5-2/h4H,1,5-8H2,2-3H3. The third kappa shape index (κ3) is 4.22. The van der Waals surface area contributed by atoms with Gasteiger partial charge in [-0.2, -0.15) is 0 Å². The van der Waals surface area contributed by atoms with Crippen molar-refractivity contribution in [1.82, 2.24) is 4.90 Å². The van der Waals surface area contributed by atoms with Gasteiger partial charge in [-0.1, -0.05) is 19.9 Å². The van der Waals surface area contributed by atoms with E-state index in [1.165, 1.54) is 13.0 Å². The van der Waals surface area contributed by atoms with Gasteiger partial charge in [0.15, 0.2) is 0 Å². The second-order valence-electron chi connectivity index (χ2n) is 2.18. The van der Waals surface area contributed by atoms with Gasteiger partial charge < -0.3 is 0 Å². The third-order valence-corrected chi connectivity index (χ3v) is 1.37. The summed E-state index contributed by atoms with van der Waals surface area (Å²) < 4.78 is 0. The van der Waals surface area contributed by atoms with Gasteiger partial charge in [-0.3, -0.25) is 4.90 Å². The SMILES string of the molecule is C=CCN(CC)CCC. The highest BCUT2D eigenvalue weighted by Gasteiger charge is 1.94. The zero-order valence-electron chi connectivity index (χ0n) is 6.56. The molecule has 0 unspecified atom stereocenters. The zero-order valence-corrected chi connectivity index (χ0v) is 6.56. The third-order valence-electron chi connectivity index (χ3n) is 1.37. The molecule has 0 rings (SSSR count). The molecule has 0 spiro atoms. The van der Waals surface area contributed by atoms with E-state index in [-0.39, 0.29) is 0 Å². The molecule has 0 aromatic heterocycles. The lowest BCUT2D eigenvalue weighted by molar-refractivity contribution is 0.320. The molecule has 54 valence electrons. The van der Waals surface area contributed by atoms with Gasteiger partial charge in [0.1, 0.15) is 0 Å². The minimum absolute atomic E-state index is 1.03. The van der Waals surface area contributed by atoms with Gasteiger partial charge in [-0.25, -0.2) is 0 Å².